The van der Waals surface area contributed by atoms with Gasteiger partial charge < -0.3 is 14.4 Å². The van der Waals surface area contributed by atoms with E-state index in [9.17, 15) is 15.2 Å². The summed E-state index contributed by atoms with van der Waals surface area (Å²) in [5.74, 6) is 0.364. The highest BCUT2D eigenvalue weighted by Crippen LogP contribution is 2.25. The minimum atomic E-state index is -0.317. The Kier molecular flexibility index (Phi) is 5.42. The van der Waals surface area contributed by atoms with Gasteiger partial charge in [-0.15, -0.1) is 5.10 Å². The normalized spacial score (nSPS) is 17.4. The van der Waals surface area contributed by atoms with Gasteiger partial charge in [0.1, 0.15) is 17.4 Å². The van der Waals surface area contributed by atoms with Crippen LogP contribution in [0.3, 0.4) is 0 Å². The van der Waals surface area contributed by atoms with Crippen LogP contribution in [0.1, 0.15) is 18.7 Å². The standard InChI is InChI=1S/C19H20N6O3S/c1-24-15-7-3-2-6-14(15)21-17(24)13(9-20)16(26)11-29-19-23-22-18(27)25(19)10-12-5-4-8-28-12/h2-3,6-7,12,26H,4-5,8,10-11H2,1H3,(H,22,27)/b16-13-/t12-/m1/s1. The van der Waals surface area contributed by atoms with Gasteiger partial charge in [-0.05, 0) is 25.0 Å². The molecule has 1 aromatic carbocycles. The number of aromatic nitrogens is 5. The third kappa shape index (κ3) is 3.79. The zero-order valence-electron chi connectivity index (χ0n) is 15.8. The number of aryl methyl sites for hydroxylation is 1. The molecule has 1 fully saturated rings. The molecular formula is C19H20N6O3S. The van der Waals surface area contributed by atoms with E-state index < -0.39 is 0 Å². The highest BCUT2D eigenvalue weighted by molar-refractivity contribution is 7.99. The molecule has 0 bridgehead atoms. The first-order chi connectivity index (χ1) is 14.1. The van der Waals surface area contributed by atoms with E-state index in [0.717, 1.165) is 23.9 Å². The summed E-state index contributed by atoms with van der Waals surface area (Å²) in [5, 5.41) is 27.1. The summed E-state index contributed by atoms with van der Waals surface area (Å²) in [6.07, 6.45) is 1.87. The van der Waals surface area contributed by atoms with Crippen LogP contribution >= 0.6 is 11.8 Å². The van der Waals surface area contributed by atoms with E-state index in [1.165, 1.54) is 16.3 Å². The van der Waals surface area contributed by atoms with E-state index in [0.29, 0.717) is 24.1 Å². The zero-order valence-corrected chi connectivity index (χ0v) is 16.6. The van der Waals surface area contributed by atoms with Crippen LogP contribution in [-0.4, -0.2) is 47.9 Å². The number of allylic oxidation sites excluding steroid dienone is 1. The molecule has 0 unspecified atom stereocenters. The van der Waals surface area contributed by atoms with Gasteiger partial charge in [-0.1, -0.05) is 23.9 Å². The van der Waals surface area contributed by atoms with Gasteiger partial charge in [0.15, 0.2) is 11.0 Å². The molecular weight excluding hydrogens is 392 g/mol. The molecule has 1 aliphatic heterocycles. The number of aliphatic hydroxyl groups excluding tert-OH is 1. The average molecular weight is 412 g/mol. The second-order valence-electron chi connectivity index (χ2n) is 6.76. The second kappa shape index (κ2) is 8.14. The van der Waals surface area contributed by atoms with Crippen molar-refractivity contribution in [2.45, 2.75) is 30.6 Å². The molecule has 1 aliphatic rings. The fourth-order valence-corrected chi connectivity index (χ4v) is 4.22. The Morgan fingerprint density at radius 2 is 2.31 bits per heavy atom. The first-order valence-corrected chi connectivity index (χ1v) is 10.2. The molecule has 2 N–H and O–H groups in total. The fourth-order valence-electron chi connectivity index (χ4n) is 3.38. The Bertz CT molecular complexity index is 1160. The molecule has 3 heterocycles. The van der Waals surface area contributed by atoms with Crippen molar-refractivity contribution >= 4 is 28.4 Å². The number of fused-ring (bicyclic) bond motifs is 1. The molecule has 1 saturated heterocycles. The Balaban J connectivity index is 1.57. The number of nitrogens with zero attached hydrogens (tertiary/aromatic N) is 5. The average Bonchev–Trinajstić information content (AvgIpc) is 3.44. The van der Waals surface area contributed by atoms with Crippen LogP contribution in [0, 0.1) is 11.3 Å². The monoisotopic (exact) mass is 412 g/mol. The summed E-state index contributed by atoms with van der Waals surface area (Å²) >= 11 is 1.18. The number of nitriles is 1. The van der Waals surface area contributed by atoms with E-state index in [2.05, 4.69) is 21.3 Å². The maximum absolute atomic E-state index is 12.1. The van der Waals surface area contributed by atoms with Gasteiger partial charge in [0.05, 0.1) is 29.4 Å². The molecule has 0 amide bonds. The van der Waals surface area contributed by atoms with Crippen molar-refractivity contribution in [1.82, 2.24) is 24.3 Å². The lowest BCUT2D eigenvalue weighted by molar-refractivity contribution is 0.0941. The molecule has 0 radical (unpaired) electrons. The molecule has 9 nitrogen and oxygen atoms in total. The summed E-state index contributed by atoms with van der Waals surface area (Å²) < 4.78 is 8.88. The summed E-state index contributed by atoms with van der Waals surface area (Å²) in [5.41, 5.74) is 1.39. The predicted octanol–water partition coefficient (Wildman–Crippen LogP) is 2.22. The first-order valence-electron chi connectivity index (χ1n) is 9.22. The molecule has 29 heavy (non-hydrogen) atoms. The number of ether oxygens (including phenoxy) is 1. The van der Waals surface area contributed by atoms with Crippen LogP contribution in [0.2, 0.25) is 0 Å². The fraction of sp³-hybridized carbons (Fsp3) is 0.368. The predicted molar refractivity (Wildman–Crippen MR) is 108 cm³/mol. The van der Waals surface area contributed by atoms with Gasteiger partial charge in [0.2, 0.25) is 0 Å². The highest BCUT2D eigenvalue weighted by atomic mass is 32.2. The van der Waals surface area contributed by atoms with Crippen molar-refractivity contribution in [1.29, 1.82) is 5.26 Å². The summed E-state index contributed by atoms with van der Waals surface area (Å²) in [7, 11) is 1.80. The van der Waals surface area contributed by atoms with Crippen LogP contribution in [0.15, 0.2) is 40.0 Å². The van der Waals surface area contributed by atoms with Crippen molar-refractivity contribution in [3.63, 3.8) is 0 Å². The van der Waals surface area contributed by atoms with E-state index in [-0.39, 0.29) is 28.9 Å². The molecule has 150 valence electrons. The largest absolute Gasteiger partial charge is 0.510 e. The van der Waals surface area contributed by atoms with Gasteiger partial charge in [-0.25, -0.2) is 14.9 Å². The number of thioether (sulfide) groups is 1. The number of aliphatic hydroxyl groups is 1. The third-order valence-electron chi connectivity index (χ3n) is 4.88. The molecule has 0 aliphatic carbocycles. The molecule has 0 spiro atoms. The smallest absolute Gasteiger partial charge is 0.344 e. The first kappa shape index (κ1) is 19.3. The lowest BCUT2D eigenvalue weighted by Gasteiger charge is -2.11. The zero-order chi connectivity index (χ0) is 20.4. The summed E-state index contributed by atoms with van der Waals surface area (Å²) in [6.45, 7) is 1.12. The van der Waals surface area contributed by atoms with Crippen molar-refractivity contribution in [2.24, 2.45) is 7.05 Å². The van der Waals surface area contributed by atoms with E-state index in [4.69, 9.17) is 4.74 Å². The van der Waals surface area contributed by atoms with E-state index in [1.54, 1.807) is 11.6 Å². The SMILES string of the molecule is Cn1c(/C(C#N)=C(\O)CSc2n[nH]c(=O)n2C[C@H]2CCCO2)nc2ccccc21. The quantitative estimate of drug-likeness (QED) is 0.362. The van der Waals surface area contributed by atoms with Crippen LogP contribution in [0.25, 0.3) is 16.6 Å². The maximum atomic E-state index is 12.1. The number of para-hydroxylation sites is 2. The number of imidazole rings is 1. The third-order valence-corrected chi connectivity index (χ3v) is 5.87. The number of hydrogen-bond acceptors (Lipinski definition) is 7. The molecule has 2 aromatic heterocycles. The molecule has 10 heteroatoms. The van der Waals surface area contributed by atoms with Gasteiger partial charge >= 0.3 is 5.69 Å². The molecule has 0 saturated carbocycles. The number of aromatic amines is 1. The van der Waals surface area contributed by atoms with Crippen LogP contribution in [0.5, 0.6) is 0 Å². The number of hydrogen-bond donors (Lipinski definition) is 2. The molecule has 3 aromatic rings. The van der Waals surface area contributed by atoms with Gasteiger partial charge in [0.25, 0.3) is 0 Å². The molecule has 4 rings (SSSR count). The summed E-state index contributed by atoms with van der Waals surface area (Å²) in [6, 6.07) is 9.57. The van der Waals surface area contributed by atoms with Gasteiger partial charge in [-0.3, -0.25) is 4.57 Å². The topological polar surface area (TPSA) is 122 Å². The van der Waals surface area contributed by atoms with Crippen LogP contribution in [-0.2, 0) is 18.3 Å². The minimum Gasteiger partial charge on any atom is -0.510 e. The number of benzene rings is 1. The van der Waals surface area contributed by atoms with Gasteiger partial charge in [0, 0.05) is 13.7 Å². The lowest BCUT2D eigenvalue weighted by Crippen LogP contribution is -2.25. The summed E-state index contributed by atoms with van der Waals surface area (Å²) in [4.78, 5) is 16.5. The second-order valence-corrected chi connectivity index (χ2v) is 7.70. The number of rotatable bonds is 6. The highest BCUT2D eigenvalue weighted by Gasteiger charge is 2.21. The van der Waals surface area contributed by atoms with Crippen molar-refractivity contribution < 1.29 is 9.84 Å². The minimum absolute atomic E-state index is 0.0107. The molecule has 1 atom stereocenters. The Morgan fingerprint density at radius 1 is 1.48 bits per heavy atom. The Hall–Kier alpha value is -3.03. The Labute approximate surface area is 170 Å². The number of nitrogens with one attached hydrogen (secondary N) is 1. The van der Waals surface area contributed by atoms with Crippen molar-refractivity contribution in [3.8, 4) is 6.07 Å². The van der Waals surface area contributed by atoms with E-state index in [1.807, 2.05) is 24.3 Å². The van der Waals surface area contributed by atoms with Crippen molar-refractivity contribution in [3.05, 3.63) is 46.3 Å². The van der Waals surface area contributed by atoms with Crippen molar-refractivity contribution in [2.75, 3.05) is 12.4 Å². The Morgan fingerprint density at radius 3 is 3.03 bits per heavy atom. The lowest BCUT2D eigenvalue weighted by atomic mass is 10.2. The van der Waals surface area contributed by atoms with Crippen LogP contribution in [0.4, 0.5) is 0 Å². The van der Waals surface area contributed by atoms with E-state index >= 15 is 0 Å². The maximum Gasteiger partial charge on any atom is 0.344 e. The number of H-pyrrole nitrogens is 1. The van der Waals surface area contributed by atoms with Gasteiger partial charge in [-0.2, -0.15) is 5.26 Å². The van der Waals surface area contributed by atoms with Crippen LogP contribution < -0.4 is 5.69 Å².